The second kappa shape index (κ2) is 5.79. The molecule has 0 unspecified atom stereocenters. The molecule has 19 heavy (non-hydrogen) atoms. The number of carbonyl (C=O) groups is 2. The van der Waals surface area contributed by atoms with Gasteiger partial charge in [0.05, 0.1) is 6.20 Å². The van der Waals surface area contributed by atoms with Gasteiger partial charge in [-0.2, -0.15) is 0 Å². The number of hydrogen-bond donors (Lipinski definition) is 1. The monoisotopic (exact) mass is 322 g/mol. The Morgan fingerprint density at radius 2 is 2.26 bits per heavy atom. The van der Waals surface area contributed by atoms with Crippen LogP contribution in [0.2, 0.25) is 0 Å². The van der Waals surface area contributed by atoms with Crippen LogP contribution in [0.3, 0.4) is 0 Å². The molecule has 1 N–H and O–H groups in total. The van der Waals surface area contributed by atoms with Crippen molar-refractivity contribution in [1.29, 1.82) is 0 Å². The summed E-state index contributed by atoms with van der Waals surface area (Å²) in [6.45, 7) is 2.11. The van der Waals surface area contributed by atoms with Gasteiger partial charge in [0.1, 0.15) is 12.0 Å². The van der Waals surface area contributed by atoms with E-state index in [9.17, 15) is 9.59 Å². The summed E-state index contributed by atoms with van der Waals surface area (Å²) >= 11 is 3.26. The zero-order chi connectivity index (χ0) is 13.8. The number of benzene rings is 1. The molecule has 0 aliphatic heterocycles. The number of hydrogen-bond acceptors (Lipinski definition) is 4. The van der Waals surface area contributed by atoms with Crippen LogP contribution in [0.5, 0.6) is 0 Å². The van der Waals surface area contributed by atoms with Crippen LogP contribution in [0.25, 0.3) is 0 Å². The smallest absolute Gasteiger partial charge is 0.251 e. The van der Waals surface area contributed by atoms with Gasteiger partial charge in [-0.05, 0) is 25.1 Å². The highest BCUT2D eigenvalue weighted by Gasteiger charge is 2.09. The van der Waals surface area contributed by atoms with Gasteiger partial charge in [-0.25, -0.2) is 0 Å². The van der Waals surface area contributed by atoms with Crippen molar-refractivity contribution in [3.05, 3.63) is 51.3 Å². The molecule has 0 fully saturated rings. The first-order chi connectivity index (χ1) is 9.10. The van der Waals surface area contributed by atoms with Crippen molar-refractivity contribution in [2.24, 2.45) is 0 Å². The minimum Gasteiger partial charge on any atom is -0.361 e. The van der Waals surface area contributed by atoms with E-state index in [0.717, 1.165) is 5.56 Å². The maximum absolute atomic E-state index is 12.0. The third-order valence-corrected chi connectivity index (χ3v) is 3.07. The summed E-state index contributed by atoms with van der Waals surface area (Å²) < 4.78 is 5.59. The SMILES string of the molecule is Cc1oncc1CNC(=O)c1cc(Br)cc(C=O)c1. The molecule has 0 saturated carbocycles. The van der Waals surface area contributed by atoms with Crippen molar-refractivity contribution in [2.45, 2.75) is 13.5 Å². The number of rotatable bonds is 4. The Morgan fingerprint density at radius 1 is 1.47 bits per heavy atom. The Balaban J connectivity index is 2.10. The molecule has 0 spiro atoms. The predicted octanol–water partition coefficient (Wildman–Crippen LogP) is 2.49. The molecule has 6 heteroatoms. The average Bonchev–Trinajstić information content (AvgIpc) is 2.80. The summed E-state index contributed by atoms with van der Waals surface area (Å²) in [7, 11) is 0. The highest BCUT2D eigenvalue weighted by Crippen LogP contribution is 2.15. The second-order valence-corrected chi connectivity index (χ2v) is 4.90. The number of nitrogens with zero attached hydrogens (tertiary/aromatic N) is 1. The maximum Gasteiger partial charge on any atom is 0.251 e. The number of aromatic nitrogens is 1. The van der Waals surface area contributed by atoms with Crippen LogP contribution in [0.4, 0.5) is 0 Å². The third kappa shape index (κ3) is 3.29. The van der Waals surface area contributed by atoms with Gasteiger partial charge in [-0.1, -0.05) is 21.1 Å². The molecule has 1 amide bonds. The molecule has 0 aliphatic carbocycles. The summed E-state index contributed by atoms with van der Waals surface area (Å²) in [6.07, 6.45) is 2.26. The van der Waals surface area contributed by atoms with Crippen molar-refractivity contribution >= 4 is 28.1 Å². The molecule has 2 rings (SSSR count). The standard InChI is InChI=1S/C13H11BrN2O3/c1-8-11(6-16-19-8)5-15-13(18)10-2-9(7-17)3-12(14)4-10/h2-4,6-7H,5H2,1H3,(H,15,18). The van der Waals surface area contributed by atoms with Gasteiger partial charge in [-0.15, -0.1) is 0 Å². The van der Waals surface area contributed by atoms with E-state index >= 15 is 0 Å². The van der Waals surface area contributed by atoms with Gasteiger partial charge in [0.25, 0.3) is 5.91 Å². The van der Waals surface area contributed by atoms with Crippen LogP contribution >= 0.6 is 15.9 Å². The Morgan fingerprint density at radius 3 is 2.89 bits per heavy atom. The Labute approximate surface area is 118 Å². The Bertz CT molecular complexity index is 622. The fraction of sp³-hybridized carbons (Fsp3) is 0.154. The summed E-state index contributed by atoms with van der Waals surface area (Å²) in [5.74, 6) is 0.410. The van der Waals surface area contributed by atoms with Crippen LogP contribution in [0, 0.1) is 6.92 Å². The molecular formula is C13H11BrN2O3. The summed E-state index contributed by atoms with van der Waals surface area (Å²) in [4.78, 5) is 22.7. The Kier molecular flexibility index (Phi) is 4.11. The molecule has 0 bridgehead atoms. The molecule has 5 nitrogen and oxygen atoms in total. The number of halogens is 1. The number of aryl methyl sites for hydroxylation is 1. The fourth-order valence-electron chi connectivity index (χ4n) is 1.58. The molecule has 0 atom stereocenters. The van der Waals surface area contributed by atoms with E-state index in [1.807, 2.05) is 0 Å². The number of carbonyl (C=O) groups excluding carboxylic acids is 2. The van der Waals surface area contributed by atoms with Crippen LogP contribution in [-0.2, 0) is 6.54 Å². The number of aldehydes is 1. The lowest BCUT2D eigenvalue weighted by Gasteiger charge is -2.05. The van der Waals surface area contributed by atoms with Crippen LogP contribution < -0.4 is 5.32 Å². The van der Waals surface area contributed by atoms with E-state index in [4.69, 9.17) is 4.52 Å². The van der Waals surface area contributed by atoms with Crippen LogP contribution in [-0.4, -0.2) is 17.4 Å². The zero-order valence-corrected chi connectivity index (χ0v) is 11.7. The lowest BCUT2D eigenvalue weighted by atomic mass is 10.1. The van der Waals surface area contributed by atoms with E-state index in [1.165, 1.54) is 6.07 Å². The number of nitrogens with one attached hydrogen (secondary N) is 1. The molecule has 2 aromatic rings. The summed E-state index contributed by atoms with van der Waals surface area (Å²) in [6, 6.07) is 4.84. The highest BCUT2D eigenvalue weighted by atomic mass is 79.9. The van der Waals surface area contributed by atoms with Gasteiger partial charge in [0.2, 0.25) is 0 Å². The minimum absolute atomic E-state index is 0.259. The van der Waals surface area contributed by atoms with E-state index in [-0.39, 0.29) is 5.91 Å². The second-order valence-electron chi connectivity index (χ2n) is 3.98. The van der Waals surface area contributed by atoms with E-state index in [1.54, 1.807) is 25.3 Å². The molecule has 1 aromatic heterocycles. The first kappa shape index (κ1) is 13.5. The van der Waals surface area contributed by atoms with Crippen molar-refractivity contribution in [3.8, 4) is 0 Å². The highest BCUT2D eigenvalue weighted by molar-refractivity contribution is 9.10. The first-order valence-electron chi connectivity index (χ1n) is 5.54. The van der Waals surface area contributed by atoms with Gasteiger partial charge in [0.15, 0.2) is 0 Å². The lowest BCUT2D eigenvalue weighted by Crippen LogP contribution is -2.23. The zero-order valence-electron chi connectivity index (χ0n) is 10.1. The quantitative estimate of drug-likeness (QED) is 0.878. The minimum atomic E-state index is -0.259. The van der Waals surface area contributed by atoms with Crippen LogP contribution in [0.15, 0.2) is 33.4 Å². The van der Waals surface area contributed by atoms with E-state index in [2.05, 4.69) is 26.4 Å². The Hall–Kier alpha value is -1.95. The topological polar surface area (TPSA) is 72.2 Å². The molecule has 98 valence electrons. The predicted molar refractivity (Wildman–Crippen MR) is 71.9 cm³/mol. The van der Waals surface area contributed by atoms with Gasteiger partial charge in [-0.3, -0.25) is 9.59 Å². The molecule has 0 aliphatic rings. The summed E-state index contributed by atoms with van der Waals surface area (Å²) in [5, 5.41) is 6.38. The van der Waals surface area contributed by atoms with Crippen molar-refractivity contribution in [2.75, 3.05) is 0 Å². The van der Waals surface area contributed by atoms with Crippen molar-refractivity contribution in [1.82, 2.24) is 10.5 Å². The molecule has 0 radical (unpaired) electrons. The third-order valence-electron chi connectivity index (χ3n) is 2.61. The van der Waals surface area contributed by atoms with Crippen molar-refractivity contribution < 1.29 is 14.1 Å². The normalized spacial score (nSPS) is 10.2. The van der Waals surface area contributed by atoms with Crippen molar-refractivity contribution in [3.63, 3.8) is 0 Å². The van der Waals surface area contributed by atoms with Gasteiger partial charge in [0, 0.05) is 27.7 Å². The molecule has 0 saturated heterocycles. The maximum atomic E-state index is 12.0. The molecule has 1 aromatic carbocycles. The van der Waals surface area contributed by atoms with E-state index in [0.29, 0.717) is 34.2 Å². The van der Waals surface area contributed by atoms with Gasteiger partial charge >= 0.3 is 0 Å². The lowest BCUT2D eigenvalue weighted by molar-refractivity contribution is 0.0950. The van der Waals surface area contributed by atoms with Gasteiger partial charge < -0.3 is 9.84 Å². The largest absolute Gasteiger partial charge is 0.361 e. The average molecular weight is 323 g/mol. The first-order valence-corrected chi connectivity index (χ1v) is 6.33. The number of amides is 1. The molecular weight excluding hydrogens is 312 g/mol. The molecule has 1 heterocycles. The van der Waals surface area contributed by atoms with E-state index < -0.39 is 0 Å². The van der Waals surface area contributed by atoms with Crippen LogP contribution in [0.1, 0.15) is 32.0 Å². The summed E-state index contributed by atoms with van der Waals surface area (Å²) in [5.41, 5.74) is 1.69. The fourth-order valence-corrected chi connectivity index (χ4v) is 2.09.